The van der Waals surface area contributed by atoms with Crippen molar-refractivity contribution in [1.82, 2.24) is 25.6 Å². The molecule has 3 rings (SSSR count). The highest BCUT2D eigenvalue weighted by Gasteiger charge is 2.05. The van der Waals surface area contributed by atoms with Crippen molar-refractivity contribution < 1.29 is 4.39 Å². The fourth-order valence-electron chi connectivity index (χ4n) is 2.23. The number of aromatic nitrogens is 5. The quantitative estimate of drug-likeness (QED) is 0.703. The Bertz CT molecular complexity index is 741. The second-order valence-corrected chi connectivity index (χ2v) is 4.83. The summed E-state index contributed by atoms with van der Waals surface area (Å²) >= 11 is 0. The Balaban J connectivity index is 1.72. The third kappa shape index (κ3) is 3.13. The van der Waals surface area contributed by atoms with Crippen molar-refractivity contribution in [2.45, 2.75) is 19.8 Å². The Morgan fingerprint density at radius 1 is 1.29 bits per heavy atom. The molecule has 108 valence electrons. The standard InChI is InChI=1S/C14H15FN6/c1-9-7-13(11-8-10(15)4-5-12(11)17-9)16-6-2-3-14-18-20-21-19-14/h4-5,7-8H,2-3,6H2,1H3,(H,16,17)(H,18,19,20,21). The van der Waals surface area contributed by atoms with Crippen LogP contribution in [0.5, 0.6) is 0 Å². The molecule has 0 saturated heterocycles. The molecule has 21 heavy (non-hydrogen) atoms. The van der Waals surface area contributed by atoms with Crippen LogP contribution >= 0.6 is 0 Å². The molecule has 0 radical (unpaired) electrons. The van der Waals surface area contributed by atoms with Gasteiger partial charge in [0.05, 0.1) is 5.52 Å². The van der Waals surface area contributed by atoms with E-state index in [1.54, 1.807) is 6.07 Å². The van der Waals surface area contributed by atoms with Crippen LogP contribution in [0.4, 0.5) is 10.1 Å². The first kappa shape index (κ1) is 13.4. The van der Waals surface area contributed by atoms with Crippen LogP contribution < -0.4 is 5.32 Å². The molecule has 2 aromatic heterocycles. The van der Waals surface area contributed by atoms with Crippen molar-refractivity contribution in [1.29, 1.82) is 0 Å². The fraction of sp³-hybridized carbons (Fsp3) is 0.286. The molecule has 0 bridgehead atoms. The van der Waals surface area contributed by atoms with Gasteiger partial charge in [-0.2, -0.15) is 5.21 Å². The first-order valence-electron chi connectivity index (χ1n) is 6.75. The minimum atomic E-state index is -0.261. The van der Waals surface area contributed by atoms with Gasteiger partial charge < -0.3 is 5.32 Å². The number of benzene rings is 1. The van der Waals surface area contributed by atoms with Crippen molar-refractivity contribution in [2.75, 3.05) is 11.9 Å². The molecule has 0 spiro atoms. The van der Waals surface area contributed by atoms with Gasteiger partial charge in [-0.25, -0.2) is 4.39 Å². The number of anilines is 1. The molecule has 0 unspecified atom stereocenters. The summed E-state index contributed by atoms with van der Waals surface area (Å²) in [5.74, 6) is 0.432. The molecule has 7 heteroatoms. The zero-order valence-electron chi connectivity index (χ0n) is 11.6. The molecule has 0 fully saturated rings. The van der Waals surface area contributed by atoms with E-state index >= 15 is 0 Å². The van der Waals surface area contributed by atoms with E-state index in [-0.39, 0.29) is 5.82 Å². The van der Waals surface area contributed by atoms with Gasteiger partial charge >= 0.3 is 0 Å². The van der Waals surface area contributed by atoms with Crippen LogP contribution in [0.3, 0.4) is 0 Å². The van der Waals surface area contributed by atoms with Gasteiger partial charge in [0.2, 0.25) is 0 Å². The van der Waals surface area contributed by atoms with E-state index in [1.807, 2.05) is 13.0 Å². The number of tetrazole rings is 1. The van der Waals surface area contributed by atoms with E-state index < -0.39 is 0 Å². The molecule has 0 aliphatic rings. The number of nitrogens with zero attached hydrogens (tertiary/aromatic N) is 4. The highest BCUT2D eigenvalue weighted by molar-refractivity contribution is 5.91. The summed E-state index contributed by atoms with van der Waals surface area (Å²) in [6.45, 7) is 2.66. The number of rotatable bonds is 5. The number of halogens is 1. The van der Waals surface area contributed by atoms with E-state index in [0.717, 1.165) is 41.7 Å². The predicted octanol–water partition coefficient (Wildman–Crippen LogP) is 2.24. The van der Waals surface area contributed by atoms with Crippen LogP contribution in [-0.4, -0.2) is 32.2 Å². The summed E-state index contributed by atoms with van der Waals surface area (Å²) < 4.78 is 13.4. The van der Waals surface area contributed by atoms with E-state index in [0.29, 0.717) is 5.82 Å². The van der Waals surface area contributed by atoms with Gasteiger partial charge in [0.15, 0.2) is 5.82 Å². The first-order valence-corrected chi connectivity index (χ1v) is 6.75. The maximum Gasteiger partial charge on any atom is 0.174 e. The lowest BCUT2D eigenvalue weighted by Crippen LogP contribution is -2.05. The summed E-state index contributed by atoms with van der Waals surface area (Å²) in [5.41, 5.74) is 2.58. The largest absolute Gasteiger partial charge is 0.384 e. The van der Waals surface area contributed by atoms with Crippen LogP contribution in [0, 0.1) is 12.7 Å². The SMILES string of the molecule is Cc1cc(NCCCc2nn[nH]n2)c2cc(F)ccc2n1. The summed E-state index contributed by atoms with van der Waals surface area (Å²) in [5, 5.41) is 17.9. The monoisotopic (exact) mass is 286 g/mol. The van der Waals surface area contributed by atoms with E-state index in [2.05, 4.69) is 30.9 Å². The molecule has 0 amide bonds. The van der Waals surface area contributed by atoms with Gasteiger partial charge in [-0.3, -0.25) is 4.98 Å². The highest BCUT2D eigenvalue weighted by atomic mass is 19.1. The summed E-state index contributed by atoms with van der Waals surface area (Å²) in [4.78, 5) is 4.41. The summed E-state index contributed by atoms with van der Waals surface area (Å²) in [6, 6.07) is 6.55. The third-order valence-corrected chi connectivity index (χ3v) is 3.18. The fourth-order valence-corrected chi connectivity index (χ4v) is 2.23. The normalized spacial score (nSPS) is 11.0. The number of H-pyrrole nitrogens is 1. The lowest BCUT2D eigenvalue weighted by molar-refractivity contribution is 0.629. The van der Waals surface area contributed by atoms with Gasteiger partial charge in [0.25, 0.3) is 0 Å². The molecular weight excluding hydrogens is 271 g/mol. The smallest absolute Gasteiger partial charge is 0.174 e. The molecule has 3 aromatic rings. The molecule has 1 aromatic carbocycles. The molecule has 2 N–H and O–H groups in total. The Morgan fingerprint density at radius 2 is 2.19 bits per heavy atom. The number of aromatic amines is 1. The van der Waals surface area contributed by atoms with Crippen molar-refractivity contribution in [3.63, 3.8) is 0 Å². The van der Waals surface area contributed by atoms with Crippen molar-refractivity contribution in [3.8, 4) is 0 Å². The number of hydrogen-bond acceptors (Lipinski definition) is 5. The van der Waals surface area contributed by atoms with Crippen LogP contribution in [0.2, 0.25) is 0 Å². The molecule has 0 atom stereocenters. The zero-order chi connectivity index (χ0) is 14.7. The van der Waals surface area contributed by atoms with Gasteiger partial charge in [0.1, 0.15) is 5.82 Å². The number of aryl methyl sites for hydroxylation is 2. The van der Waals surface area contributed by atoms with Crippen molar-refractivity contribution >= 4 is 16.6 Å². The van der Waals surface area contributed by atoms with Crippen LogP contribution in [0.1, 0.15) is 17.9 Å². The van der Waals surface area contributed by atoms with Crippen LogP contribution in [0.25, 0.3) is 10.9 Å². The number of hydrogen-bond donors (Lipinski definition) is 2. The molecule has 6 nitrogen and oxygen atoms in total. The van der Waals surface area contributed by atoms with Gasteiger partial charge in [-0.15, -0.1) is 10.2 Å². The maximum atomic E-state index is 13.4. The molecule has 2 heterocycles. The molecule has 0 saturated carbocycles. The lowest BCUT2D eigenvalue weighted by Gasteiger charge is -2.10. The number of pyridine rings is 1. The Kier molecular flexibility index (Phi) is 3.72. The van der Waals surface area contributed by atoms with Crippen LogP contribution in [0.15, 0.2) is 24.3 Å². The minimum absolute atomic E-state index is 0.261. The predicted molar refractivity (Wildman–Crippen MR) is 77.4 cm³/mol. The highest BCUT2D eigenvalue weighted by Crippen LogP contribution is 2.24. The van der Waals surface area contributed by atoms with E-state index in [1.165, 1.54) is 12.1 Å². The van der Waals surface area contributed by atoms with E-state index in [4.69, 9.17) is 0 Å². The Hall–Kier alpha value is -2.57. The third-order valence-electron chi connectivity index (χ3n) is 3.18. The van der Waals surface area contributed by atoms with E-state index in [9.17, 15) is 4.39 Å². The van der Waals surface area contributed by atoms with Crippen molar-refractivity contribution in [3.05, 3.63) is 41.6 Å². The van der Waals surface area contributed by atoms with Crippen LogP contribution in [-0.2, 0) is 6.42 Å². The van der Waals surface area contributed by atoms with Crippen molar-refractivity contribution in [2.24, 2.45) is 0 Å². The Morgan fingerprint density at radius 3 is 3.00 bits per heavy atom. The first-order chi connectivity index (χ1) is 10.2. The zero-order valence-corrected chi connectivity index (χ0v) is 11.6. The summed E-state index contributed by atoms with van der Waals surface area (Å²) in [7, 11) is 0. The minimum Gasteiger partial charge on any atom is -0.384 e. The molecular formula is C14H15FN6. The topological polar surface area (TPSA) is 79.4 Å². The average Bonchev–Trinajstić information content (AvgIpc) is 2.97. The molecule has 0 aliphatic carbocycles. The second kappa shape index (κ2) is 5.82. The molecule has 0 aliphatic heterocycles. The lowest BCUT2D eigenvalue weighted by atomic mass is 10.1. The maximum absolute atomic E-state index is 13.4. The second-order valence-electron chi connectivity index (χ2n) is 4.83. The number of nitrogens with one attached hydrogen (secondary N) is 2. The summed E-state index contributed by atoms with van der Waals surface area (Å²) in [6.07, 6.45) is 1.59. The number of fused-ring (bicyclic) bond motifs is 1. The Labute approximate surface area is 120 Å². The van der Waals surface area contributed by atoms with Gasteiger partial charge in [-0.1, -0.05) is 5.21 Å². The van der Waals surface area contributed by atoms with Gasteiger partial charge in [0, 0.05) is 29.7 Å². The average molecular weight is 286 g/mol. The van der Waals surface area contributed by atoms with Gasteiger partial charge in [-0.05, 0) is 37.6 Å².